The molecule has 1 aromatic carbocycles. The Morgan fingerprint density at radius 1 is 1.40 bits per heavy atom. The number of amides is 2. The molecule has 5 nitrogen and oxygen atoms in total. The van der Waals surface area contributed by atoms with E-state index in [0.717, 1.165) is 18.5 Å². The minimum atomic E-state index is -0.376. The maximum absolute atomic E-state index is 12.7. The van der Waals surface area contributed by atoms with E-state index in [9.17, 15) is 9.59 Å². The van der Waals surface area contributed by atoms with Gasteiger partial charge in [-0.25, -0.2) is 0 Å². The molecule has 0 saturated carbocycles. The van der Waals surface area contributed by atoms with Crippen LogP contribution in [0, 0.1) is 0 Å². The molecular formula is C15H18N2O3. The largest absolute Gasteiger partial charge is 0.368 e. The molecule has 0 aliphatic carbocycles. The van der Waals surface area contributed by atoms with Crippen molar-refractivity contribution in [1.29, 1.82) is 0 Å². The minimum absolute atomic E-state index is 0.0426. The van der Waals surface area contributed by atoms with Crippen molar-refractivity contribution in [2.24, 2.45) is 0 Å². The van der Waals surface area contributed by atoms with Crippen molar-refractivity contribution >= 4 is 23.2 Å². The van der Waals surface area contributed by atoms with E-state index in [0.29, 0.717) is 18.7 Å². The van der Waals surface area contributed by atoms with Gasteiger partial charge in [-0.15, -0.1) is 0 Å². The van der Waals surface area contributed by atoms with E-state index in [1.807, 2.05) is 31.2 Å². The molecule has 0 aromatic heterocycles. The summed E-state index contributed by atoms with van der Waals surface area (Å²) in [6, 6.07) is 7.24. The van der Waals surface area contributed by atoms with Crippen LogP contribution in [0.15, 0.2) is 24.3 Å². The van der Waals surface area contributed by atoms with Crippen LogP contribution in [0.25, 0.3) is 0 Å². The number of carbonyl (C=O) groups excluding carboxylic acids is 2. The van der Waals surface area contributed by atoms with Crippen LogP contribution in [-0.4, -0.2) is 30.6 Å². The topological polar surface area (TPSA) is 58.6 Å². The van der Waals surface area contributed by atoms with Crippen LogP contribution in [0.2, 0.25) is 0 Å². The second-order valence-electron chi connectivity index (χ2n) is 5.33. The van der Waals surface area contributed by atoms with Crippen molar-refractivity contribution in [3.63, 3.8) is 0 Å². The number of hydrogen-bond donors (Lipinski definition) is 1. The van der Waals surface area contributed by atoms with Gasteiger partial charge in [0, 0.05) is 19.1 Å². The summed E-state index contributed by atoms with van der Waals surface area (Å²) in [4.78, 5) is 26.3. The highest BCUT2D eigenvalue weighted by Gasteiger charge is 2.35. The van der Waals surface area contributed by atoms with E-state index in [1.54, 1.807) is 4.90 Å². The Morgan fingerprint density at radius 2 is 2.20 bits per heavy atom. The first-order valence-electron chi connectivity index (χ1n) is 7.00. The Kier molecular flexibility index (Phi) is 3.44. The zero-order chi connectivity index (χ0) is 14.1. The molecule has 0 unspecified atom stereocenters. The van der Waals surface area contributed by atoms with Gasteiger partial charge in [0.1, 0.15) is 6.10 Å². The Balaban J connectivity index is 1.98. The molecule has 1 aromatic rings. The molecule has 0 bridgehead atoms. The Bertz CT molecular complexity index is 538. The lowest BCUT2D eigenvalue weighted by molar-refractivity contribution is -0.127. The van der Waals surface area contributed by atoms with Gasteiger partial charge in [0.15, 0.2) is 0 Å². The number of rotatable bonds is 1. The molecule has 5 heteroatoms. The molecule has 3 rings (SSSR count). The maximum Gasteiger partial charge on any atom is 0.256 e. The molecule has 2 aliphatic rings. The third kappa shape index (κ3) is 2.29. The van der Waals surface area contributed by atoms with E-state index in [-0.39, 0.29) is 24.0 Å². The third-order valence-corrected chi connectivity index (χ3v) is 3.80. The van der Waals surface area contributed by atoms with Crippen molar-refractivity contribution < 1.29 is 14.3 Å². The summed E-state index contributed by atoms with van der Waals surface area (Å²) in [7, 11) is 0. The van der Waals surface area contributed by atoms with Crippen LogP contribution in [0.1, 0.15) is 26.2 Å². The Labute approximate surface area is 117 Å². The van der Waals surface area contributed by atoms with E-state index in [1.165, 1.54) is 0 Å². The summed E-state index contributed by atoms with van der Waals surface area (Å²) in [5, 5.41) is 2.85. The van der Waals surface area contributed by atoms with Crippen molar-refractivity contribution in [3.05, 3.63) is 24.3 Å². The first-order valence-corrected chi connectivity index (χ1v) is 7.00. The average molecular weight is 274 g/mol. The number of hydrogen-bond acceptors (Lipinski definition) is 3. The second kappa shape index (κ2) is 5.25. The smallest absolute Gasteiger partial charge is 0.256 e. The van der Waals surface area contributed by atoms with Crippen LogP contribution < -0.4 is 10.2 Å². The fourth-order valence-corrected chi connectivity index (χ4v) is 2.85. The molecule has 1 saturated heterocycles. The van der Waals surface area contributed by atoms with Crippen LogP contribution in [0.3, 0.4) is 0 Å². The average Bonchev–Trinajstić information content (AvgIpc) is 2.90. The number of nitrogens with one attached hydrogen (secondary N) is 1. The lowest BCUT2D eigenvalue weighted by Crippen LogP contribution is -2.44. The fraction of sp³-hybridized carbons (Fsp3) is 0.467. The number of para-hydroxylation sites is 2. The van der Waals surface area contributed by atoms with Gasteiger partial charge in [0.05, 0.1) is 11.4 Å². The number of nitrogens with zero attached hydrogens (tertiary/aromatic N) is 1. The predicted octanol–water partition coefficient (Wildman–Crippen LogP) is 1.93. The van der Waals surface area contributed by atoms with Crippen LogP contribution in [0.5, 0.6) is 0 Å². The van der Waals surface area contributed by atoms with Crippen LogP contribution in [-0.2, 0) is 14.3 Å². The number of fused-ring (bicyclic) bond motifs is 1. The summed E-state index contributed by atoms with van der Waals surface area (Å²) in [5.74, 6) is -0.105. The van der Waals surface area contributed by atoms with Gasteiger partial charge >= 0.3 is 0 Å². The lowest BCUT2D eigenvalue weighted by Gasteiger charge is -2.29. The molecule has 0 radical (unpaired) electrons. The first-order chi connectivity index (χ1) is 9.66. The fourth-order valence-electron chi connectivity index (χ4n) is 2.85. The molecule has 106 valence electrons. The van der Waals surface area contributed by atoms with Gasteiger partial charge in [-0.3, -0.25) is 9.59 Å². The van der Waals surface area contributed by atoms with Crippen molar-refractivity contribution in [2.75, 3.05) is 16.8 Å². The van der Waals surface area contributed by atoms with Gasteiger partial charge in [-0.05, 0) is 31.9 Å². The minimum Gasteiger partial charge on any atom is -0.368 e. The third-order valence-electron chi connectivity index (χ3n) is 3.80. The maximum atomic E-state index is 12.7. The van der Waals surface area contributed by atoms with E-state index in [2.05, 4.69) is 5.32 Å². The first kappa shape index (κ1) is 13.1. The number of benzene rings is 1. The zero-order valence-corrected chi connectivity index (χ0v) is 11.5. The summed E-state index contributed by atoms with van der Waals surface area (Å²) < 4.78 is 5.50. The normalized spacial score (nSPS) is 25.9. The van der Waals surface area contributed by atoms with Gasteiger partial charge < -0.3 is 15.0 Å². The van der Waals surface area contributed by atoms with E-state index in [4.69, 9.17) is 4.74 Å². The summed E-state index contributed by atoms with van der Waals surface area (Å²) in [5.41, 5.74) is 1.44. The molecule has 2 amide bonds. The summed E-state index contributed by atoms with van der Waals surface area (Å²) in [6.45, 7) is 2.53. The molecule has 2 atom stereocenters. The highest BCUT2D eigenvalue weighted by molar-refractivity contribution is 6.05. The highest BCUT2D eigenvalue weighted by Crippen LogP contribution is 2.32. The van der Waals surface area contributed by atoms with Gasteiger partial charge in [-0.2, -0.15) is 0 Å². The molecule has 1 N–H and O–H groups in total. The molecular weight excluding hydrogens is 256 g/mol. The molecule has 20 heavy (non-hydrogen) atoms. The quantitative estimate of drug-likeness (QED) is 0.851. The Morgan fingerprint density at radius 3 is 2.95 bits per heavy atom. The van der Waals surface area contributed by atoms with Crippen molar-refractivity contribution in [3.8, 4) is 0 Å². The van der Waals surface area contributed by atoms with E-state index < -0.39 is 0 Å². The standard InChI is InChI=1S/C15H18N2O3/c1-10-9-14(18)16-11-5-2-3-6-12(11)17(10)15(19)13-7-4-8-20-13/h2-3,5-6,10,13H,4,7-9H2,1H3,(H,16,18)/t10-,13+/m0/s1. The van der Waals surface area contributed by atoms with Gasteiger partial charge in [-0.1, -0.05) is 12.1 Å². The highest BCUT2D eigenvalue weighted by atomic mass is 16.5. The lowest BCUT2D eigenvalue weighted by atomic mass is 10.1. The number of ether oxygens (including phenoxy) is 1. The second-order valence-corrected chi connectivity index (χ2v) is 5.33. The zero-order valence-electron chi connectivity index (χ0n) is 11.5. The molecule has 1 fully saturated rings. The molecule has 0 spiro atoms. The van der Waals surface area contributed by atoms with Crippen molar-refractivity contribution in [1.82, 2.24) is 0 Å². The molecule has 2 aliphatic heterocycles. The van der Waals surface area contributed by atoms with Crippen LogP contribution >= 0.6 is 0 Å². The SMILES string of the molecule is C[C@H]1CC(=O)Nc2ccccc2N1C(=O)[C@H]1CCCO1. The van der Waals surface area contributed by atoms with Crippen molar-refractivity contribution in [2.45, 2.75) is 38.3 Å². The van der Waals surface area contributed by atoms with E-state index >= 15 is 0 Å². The number of carbonyl (C=O) groups is 2. The van der Waals surface area contributed by atoms with Gasteiger partial charge in [0.25, 0.3) is 5.91 Å². The predicted molar refractivity (Wildman–Crippen MR) is 75.6 cm³/mol. The Hall–Kier alpha value is -1.88. The number of anilines is 2. The molecule has 2 heterocycles. The summed E-state index contributed by atoms with van der Waals surface area (Å²) in [6.07, 6.45) is 1.59. The van der Waals surface area contributed by atoms with Gasteiger partial charge in [0.2, 0.25) is 5.91 Å². The van der Waals surface area contributed by atoms with Crippen LogP contribution in [0.4, 0.5) is 11.4 Å². The summed E-state index contributed by atoms with van der Waals surface area (Å²) >= 11 is 0. The monoisotopic (exact) mass is 274 g/mol.